The number of hydrogen-bond donors (Lipinski definition) is 2. The molecule has 2 aromatic rings. The number of amides is 1. The van der Waals surface area contributed by atoms with E-state index in [1.54, 1.807) is 7.05 Å². The number of nitrogens with one attached hydrogen (secondary N) is 1. The molecule has 2 rings (SSSR count). The molecule has 0 aliphatic rings. The molecule has 0 aromatic carbocycles. The van der Waals surface area contributed by atoms with Crippen LogP contribution < -0.4 is 10.9 Å². The summed E-state index contributed by atoms with van der Waals surface area (Å²) in [5.41, 5.74) is -0.200. The van der Waals surface area contributed by atoms with E-state index >= 15 is 0 Å². The quantitative estimate of drug-likeness (QED) is 0.808. The van der Waals surface area contributed by atoms with E-state index in [0.717, 1.165) is 12.3 Å². The third-order valence-electron chi connectivity index (χ3n) is 2.54. The van der Waals surface area contributed by atoms with Gasteiger partial charge in [0.2, 0.25) is 0 Å². The van der Waals surface area contributed by atoms with Crippen molar-refractivity contribution in [3.63, 3.8) is 0 Å². The van der Waals surface area contributed by atoms with Crippen molar-refractivity contribution in [2.45, 2.75) is 6.04 Å². The highest BCUT2D eigenvalue weighted by Crippen LogP contribution is 2.12. The topological polar surface area (TPSA) is 114 Å². The second-order valence-electron chi connectivity index (χ2n) is 4.04. The van der Waals surface area contributed by atoms with E-state index in [0.29, 0.717) is 5.56 Å². The van der Waals surface area contributed by atoms with Gasteiger partial charge in [0, 0.05) is 24.9 Å². The number of carboxylic acid groups (broad SMARTS) is 1. The van der Waals surface area contributed by atoms with Crippen LogP contribution in [0.3, 0.4) is 0 Å². The fourth-order valence-corrected chi connectivity index (χ4v) is 1.58. The van der Waals surface area contributed by atoms with Gasteiger partial charge >= 0.3 is 11.6 Å². The molecule has 1 amide bonds. The third kappa shape index (κ3) is 2.91. The lowest BCUT2D eigenvalue weighted by molar-refractivity contribution is -0.139. The minimum atomic E-state index is -1.23. The Bertz CT molecular complexity index is 683. The number of carbonyl (C=O) groups excluding carboxylic acids is 1. The van der Waals surface area contributed by atoms with Crippen molar-refractivity contribution in [2.24, 2.45) is 7.05 Å². The minimum absolute atomic E-state index is 0.0553. The molecule has 0 spiro atoms. The zero-order valence-electron chi connectivity index (χ0n) is 10.4. The van der Waals surface area contributed by atoms with Gasteiger partial charge in [-0.2, -0.15) is 5.10 Å². The molecule has 2 N–H and O–H groups in total. The maximum atomic E-state index is 11.9. The highest BCUT2D eigenvalue weighted by Gasteiger charge is 2.24. The van der Waals surface area contributed by atoms with E-state index in [-0.39, 0.29) is 5.56 Å². The maximum absolute atomic E-state index is 11.9. The first-order valence-corrected chi connectivity index (χ1v) is 5.58. The van der Waals surface area contributed by atoms with E-state index in [1.807, 2.05) is 0 Å². The lowest BCUT2D eigenvalue weighted by Gasteiger charge is -2.12. The van der Waals surface area contributed by atoms with Gasteiger partial charge in [0.1, 0.15) is 6.26 Å². The van der Waals surface area contributed by atoms with Gasteiger partial charge in [-0.15, -0.1) is 0 Å². The van der Waals surface area contributed by atoms with Crippen LogP contribution in [0, 0.1) is 0 Å². The van der Waals surface area contributed by atoms with Gasteiger partial charge in [-0.3, -0.25) is 9.48 Å². The van der Waals surface area contributed by atoms with Crippen molar-refractivity contribution < 1.29 is 19.1 Å². The van der Waals surface area contributed by atoms with E-state index in [1.165, 1.54) is 23.1 Å². The fourth-order valence-electron chi connectivity index (χ4n) is 1.58. The number of hydrogen-bond acceptors (Lipinski definition) is 5. The molecule has 0 radical (unpaired) electrons. The van der Waals surface area contributed by atoms with Gasteiger partial charge < -0.3 is 14.8 Å². The van der Waals surface area contributed by atoms with Gasteiger partial charge in [-0.1, -0.05) is 0 Å². The number of aromatic nitrogens is 2. The molecule has 0 aliphatic carbocycles. The fraction of sp³-hybridized carbons (Fsp3) is 0.167. The van der Waals surface area contributed by atoms with Crippen LogP contribution in [0.1, 0.15) is 22.0 Å². The molecule has 2 heterocycles. The molecule has 8 heteroatoms. The monoisotopic (exact) mass is 277 g/mol. The van der Waals surface area contributed by atoms with Crippen LogP contribution >= 0.6 is 0 Å². The average Bonchev–Trinajstić information content (AvgIpc) is 2.82. The maximum Gasteiger partial charge on any atom is 0.335 e. The molecule has 0 saturated carbocycles. The summed E-state index contributed by atoms with van der Waals surface area (Å²) in [7, 11) is 1.64. The van der Waals surface area contributed by atoms with E-state index < -0.39 is 23.5 Å². The summed E-state index contributed by atoms with van der Waals surface area (Å²) in [5, 5.41) is 15.3. The largest absolute Gasteiger partial charge is 0.479 e. The first kappa shape index (κ1) is 13.5. The van der Waals surface area contributed by atoms with Crippen LogP contribution in [0.2, 0.25) is 0 Å². The highest BCUT2D eigenvalue weighted by molar-refractivity contribution is 5.96. The Labute approximate surface area is 112 Å². The zero-order chi connectivity index (χ0) is 14.7. The van der Waals surface area contributed by atoms with Crippen LogP contribution in [0.15, 0.2) is 40.0 Å². The van der Waals surface area contributed by atoms with Gasteiger partial charge in [0.15, 0.2) is 6.04 Å². The van der Waals surface area contributed by atoms with Gasteiger partial charge in [-0.25, -0.2) is 9.59 Å². The molecule has 1 unspecified atom stereocenters. The Balaban J connectivity index is 2.20. The molecular formula is C12H11N3O5. The van der Waals surface area contributed by atoms with Crippen molar-refractivity contribution in [3.8, 4) is 0 Å². The van der Waals surface area contributed by atoms with Gasteiger partial charge in [0.25, 0.3) is 5.91 Å². The molecule has 104 valence electrons. The molecular weight excluding hydrogens is 266 g/mol. The Morgan fingerprint density at radius 2 is 2.20 bits per heavy atom. The van der Waals surface area contributed by atoms with E-state index in [9.17, 15) is 14.4 Å². The molecule has 0 bridgehead atoms. The number of carboxylic acids is 1. The molecule has 1 atom stereocenters. The summed E-state index contributed by atoms with van der Waals surface area (Å²) in [6.07, 6.45) is 3.81. The summed E-state index contributed by atoms with van der Waals surface area (Å²) in [6, 6.07) is 1.10. The Hall–Kier alpha value is -2.90. The summed E-state index contributed by atoms with van der Waals surface area (Å²) in [6.45, 7) is 0. The Morgan fingerprint density at radius 1 is 1.45 bits per heavy atom. The predicted molar refractivity (Wildman–Crippen MR) is 66.0 cm³/mol. The highest BCUT2D eigenvalue weighted by atomic mass is 16.4. The van der Waals surface area contributed by atoms with Crippen LogP contribution in [-0.4, -0.2) is 26.8 Å². The molecule has 20 heavy (non-hydrogen) atoms. The van der Waals surface area contributed by atoms with Crippen LogP contribution in [-0.2, 0) is 11.8 Å². The Kier molecular flexibility index (Phi) is 3.65. The summed E-state index contributed by atoms with van der Waals surface area (Å²) < 4.78 is 5.98. The smallest absolute Gasteiger partial charge is 0.335 e. The minimum Gasteiger partial charge on any atom is -0.479 e. The summed E-state index contributed by atoms with van der Waals surface area (Å²) in [4.78, 5) is 33.9. The van der Waals surface area contributed by atoms with Gasteiger partial charge in [-0.05, 0) is 6.07 Å². The number of nitrogens with zero attached hydrogens (tertiary/aromatic N) is 2. The Morgan fingerprint density at radius 3 is 2.70 bits per heavy atom. The first-order chi connectivity index (χ1) is 9.47. The van der Waals surface area contributed by atoms with Crippen LogP contribution in [0.4, 0.5) is 0 Å². The number of aliphatic carboxylic acids is 1. The SMILES string of the molecule is Cn1cc(C(NC(=O)c2ccc(=O)oc2)C(=O)O)cn1. The first-order valence-electron chi connectivity index (χ1n) is 5.58. The summed E-state index contributed by atoms with van der Waals surface area (Å²) in [5.74, 6) is -1.88. The van der Waals surface area contributed by atoms with Crippen LogP contribution in [0.25, 0.3) is 0 Å². The van der Waals surface area contributed by atoms with E-state index in [2.05, 4.69) is 14.8 Å². The van der Waals surface area contributed by atoms with Crippen molar-refractivity contribution in [1.82, 2.24) is 15.1 Å². The van der Waals surface area contributed by atoms with Crippen molar-refractivity contribution in [1.29, 1.82) is 0 Å². The van der Waals surface area contributed by atoms with Crippen molar-refractivity contribution in [2.75, 3.05) is 0 Å². The molecule has 0 aliphatic heterocycles. The third-order valence-corrected chi connectivity index (χ3v) is 2.54. The average molecular weight is 277 g/mol. The lowest BCUT2D eigenvalue weighted by atomic mass is 10.1. The molecule has 0 fully saturated rings. The standard InChI is InChI=1S/C12H11N3O5/c1-15-5-8(4-13-15)10(12(18)19)14-11(17)7-2-3-9(16)20-6-7/h2-6,10H,1H3,(H,14,17)(H,18,19). The van der Waals surface area contributed by atoms with Crippen molar-refractivity contribution >= 4 is 11.9 Å². The number of carbonyl (C=O) groups is 2. The number of aryl methyl sites for hydroxylation is 1. The molecule has 8 nitrogen and oxygen atoms in total. The lowest BCUT2D eigenvalue weighted by Crippen LogP contribution is -2.33. The molecule has 0 saturated heterocycles. The predicted octanol–water partition coefficient (Wildman–Crippen LogP) is -0.0710. The summed E-state index contributed by atoms with van der Waals surface area (Å²) >= 11 is 0. The normalized spacial score (nSPS) is 11.8. The van der Waals surface area contributed by atoms with Gasteiger partial charge in [0.05, 0.1) is 11.8 Å². The van der Waals surface area contributed by atoms with Crippen LogP contribution in [0.5, 0.6) is 0 Å². The second kappa shape index (κ2) is 5.39. The zero-order valence-corrected chi connectivity index (χ0v) is 10.4. The van der Waals surface area contributed by atoms with Crippen molar-refractivity contribution in [3.05, 3.63) is 52.3 Å². The second-order valence-corrected chi connectivity index (χ2v) is 4.04. The number of rotatable bonds is 4. The van der Waals surface area contributed by atoms with E-state index in [4.69, 9.17) is 5.11 Å². The molecule has 2 aromatic heterocycles.